The van der Waals surface area contributed by atoms with Crippen LogP contribution in [0.15, 0.2) is 12.2 Å². The third kappa shape index (κ3) is 2.06. The maximum Gasteiger partial charge on any atom is 0.0484 e. The molecule has 1 aliphatic carbocycles. The van der Waals surface area contributed by atoms with Crippen molar-refractivity contribution in [1.82, 2.24) is 0 Å². The Labute approximate surface area is 69.1 Å². The van der Waals surface area contributed by atoms with Crippen LogP contribution >= 0.6 is 0 Å². The summed E-state index contributed by atoms with van der Waals surface area (Å²) in [4.78, 5) is 0. The maximum atomic E-state index is 9.12. The van der Waals surface area contributed by atoms with E-state index in [-0.39, 0.29) is 5.41 Å². The van der Waals surface area contributed by atoms with Crippen LogP contribution in [0.5, 0.6) is 0 Å². The molecule has 0 heterocycles. The van der Waals surface area contributed by atoms with Crippen LogP contribution in [0.2, 0.25) is 0 Å². The topological polar surface area (TPSA) is 20.2 Å². The molecule has 11 heavy (non-hydrogen) atoms. The number of hydrogen-bond acceptors (Lipinski definition) is 1. The first-order valence-electron chi connectivity index (χ1n) is 4.42. The Hall–Kier alpha value is -0.300. The van der Waals surface area contributed by atoms with E-state index in [9.17, 15) is 0 Å². The molecule has 1 aliphatic rings. The number of hydrogen-bond donors (Lipinski definition) is 1. The highest BCUT2D eigenvalue weighted by atomic mass is 16.3. The molecule has 1 atom stereocenters. The fourth-order valence-corrected chi connectivity index (χ4v) is 1.63. The van der Waals surface area contributed by atoms with Gasteiger partial charge in [0.25, 0.3) is 0 Å². The molecule has 1 unspecified atom stereocenters. The lowest BCUT2D eigenvalue weighted by Gasteiger charge is -2.33. The monoisotopic (exact) mass is 154 g/mol. The summed E-state index contributed by atoms with van der Waals surface area (Å²) < 4.78 is 0. The van der Waals surface area contributed by atoms with E-state index in [1.807, 2.05) is 0 Å². The maximum absolute atomic E-state index is 9.12. The molecule has 0 bridgehead atoms. The second kappa shape index (κ2) is 3.40. The zero-order valence-corrected chi connectivity index (χ0v) is 7.51. The lowest BCUT2D eigenvalue weighted by molar-refractivity contribution is 0.0903. The van der Waals surface area contributed by atoms with Gasteiger partial charge in [0.2, 0.25) is 0 Å². The normalized spacial score (nSPS) is 25.5. The Morgan fingerprint density at radius 2 is 2.18 bits per heavy atom. The van der Waals surface area contributed by atoms with Crippen LogP contribution in [0, 0.1) is 11.3 Å². The van der Waals surface area contributed by atoms with Gasteiger partial charge in [-0.05, 0) is 30.6 Å². The highest BCUT2D eigenvalue weighted by molar-refractivity contribution is 4.94. The zero-order chi connectivity index (χ0) is 8.32. The largest absolute Gasteiger partial charge is 0.396 e. The molecule has 1 N–H and O–H groups in total. The lowest BCUT2D eigenvalue weighted by Crippen LogP contribution is -2.28. The van der Waals surface area contributed by atoms with Crippen LogP contribution < -0.4 is 0 Å². The van der Waals surface area contributed by atoms with Gasteiger partial charge in [-0.15, -0.1) is 0 Å². The van der Waals surface area contributed by atoms with Crippen molar-refractivity contribution >= 4 is 0 Å². The minimum Gasteiger partial charge on any atom is -0.396 e. The molecule has 0 aromatic carbocycles. The number of aliphatic hydroxyl groups excluding tert-OH is 1. The summed E-state index contributed by atoms with van der Waals surface area (Å²) in [5.41, 5.74) is 0.116. The van der Waals surface area contributed by atoms with Gasteiger partial charge >= 0.3 is 0 Å². The number of aliphatic hydroxyl groups is 1. The fourth-order valence-electron chi connectivity index (χ4n) is 1.63. The molecule has 1 heteroatoms. The van der Waals surface area contributed by atoms with Gasteiger partial charge in [0.15, 0.2) is 0 Å². The first kappa shape index (κ1) is 8.79. The average molecular weight is 154 g/mol. The van der Waals surface area contributed by atoms with Gasteiger partial charge in [0.05, 0.1) is 0 Å². The third-order valence-corrected chi connectivity index (χ3v) is 2.78. The van der Waals surface area contributed by atoms with Crippen LogP contribution in [-0.4, -0.2) is 11.7 Å². The summed E-state index contributed by atoms with van der Waals surface area (Å²) in [6.45, 7) is 4.61. The van der Waals surface area contributed by atoms with E-state index >= 15 is 0 Å². The summed E-state index contributed by atoms with van der Waals surface area (Å²) in [7, 11) is 0. The summed E-state index contributed by atoms with van der Waals surface area (Å²) >= 11 is 0. The van der Waals surface area contributed by atoms with E-state index in [1.165, 1.54) is 12.8 Å². The smallest absolute Gasteiger partial charge is 0.0484 e. The molecular weight excluding hydrogens is 136 g/mol. The second-order valence-corrected chi connectivity index (χ2v) is 4.13. The second-order valence-electron chi connectivity index (χ2n) is 4.13. The van der Waals surface area contributed by atoms with Crippen molar-refractivity contribution < 1.29 is 5.11 Å². The van der Waals surface area contributed by atoms with Crippen LogP contribution in [0.4, 0.5) is 0 Å². The Bertz CT molecular complexity index is 147. The molecule has 0 radical (unpaired) electrons. The molecular formula is C10H18O. The SMILES string of the molecule is CC(C)(CO)C1CC=CCC1. The van der Waals surface area contributed by atoms with Gasteiger partial charge in [-0.2, -0.15) is 0 Å². The van der Waals surface area contributed by atoms with Gasteiger partial charge in [0.1, 0.15) is 0 Å². The Morgan fingerprint density at radius 3 is 2.64 bits per heavy atom. The minimum atomic E-state index is 0.116. The fraction of sp³-hybridized carbons (Fsp3) is 0.800. The van der Waals surface area contributed by atoms with Crippen molar-refractivity contribution in [3.63, 3.8) is 0 Å². The summed E-state index contributed by atoms with van der Waals surface area (Å²) in [6, 6.07) is 0. The molecule has 0 fully saturated rings. The first-order chi connectivity index (χ1) is 5.17. The quantitative estimate of drug-likeness (QED) is 0.605. The van der Waals surface area contributed by atoms with E-state index in [4.69, 9.17) is 5.11 Å². The highest BCUT2D eigenvalue weighted by Gasteiger charge is 2.28. The molecule has 0 amide bonds. The van der Waals surface area contributed by atoms with Crippen LogP contribution in [0.3, 0.4) is 0 Å². The molecule has 0 saturated heterocycles. The van der Waals surface area contributed by atoms with Crippen LogP contribution in [0.1, 0.15) is 33.1 Å². The molecule has 1 rings (SSSR count). The zero-order valence-electron chi connectivity index (χ0n) is 7.51. The van der Waals surface area contributed by atoms with E-state index in [1.54, 1.807) is 0 Å². The van der Waals surface area contributed by atoms with E-state index in [0.717, 1.165) is 6.42 Å². The van der Waals surface area contributed by atoms with Crippen molar-refractivity contribution in [3.05, 3.63) is 12.2 Å². The van der Waals surface area contributed by atoms with Gasteiger partial charge in [-0.3, -0.25) is 0 Å². The van der Waals surface area contributed by atoms with Gasteiger partial charge in [-0.25, -0.2) is 0 Å². The molecule has 1 nitrogen and oxygen atoms in total. The van der Waals surface area contributed by atoms with Crippen molar-refractivity contribution in [2.24, 2.45) is 11.3 Å². The molecule has 0 spiro atoms. The molecule has 64 valence electrons. The highest BCUT2D eigenvalue weighted by Crippen LogP contribution is 2.34. The number of rotatable bonds is 2. The first-order valence-corrected chi connectivity index (χ1v) is 4.42. The van der Waals surface area contributed by atoms with E-state index in [0.29, 0.717) is 12.5 Å². The van der Waals surface area contributed by atoms with E-state index in [2.05, 4.69) is 26.0 Å². The third-order valence-electron chi connectivity index (χ3n) is 2.78. The molecule has 0 aliphatic heterocycles. The van der Waals surface area contributed by atoms with Crippen molar-refractivity contribution in [2.75, 3.05) is 6.61 Å². The van der Waals surface area contributed by atoms with Gasteiger partial charge < -0.3 is 5.11 Å². The van der Waals surface area contributed by atoms with E-state index < -0.39 is 0 Å². The molecule has 0 aromatic rings. The summed E-state index contributed by atoms with van der Waals surface area (Å²) in [5, 5.41) is 9.12. The van der Waals surface area contributed by atoms with Gasteiger partial charge in [-0.1, -0.05) is 26.0 Å². The van der Waals surface area contributed by atoms with Crippen LogP contribution in [0.25, 0.3) is 0 Å². The van der Waals surface area contributed by atoms with Crippen molar-refractivity contribution in [1.29, 1.82) is 0 Å². The van der Waals surface area contributed by atoms with Gasteiger partial charge in [0, 0.05) is 6.61 Å². The minimum absolute atomic E-state index is 0.116. The van der Waals surface area contributed by atoms with Crippen molar-refractivity contribution in [2.45, 2.75) is 33.1 Å². The Kier molecular flexibility index (Phi) is 2.72. The molecule has 0 aromatic heterocycles. The molecule has 0 saturated carbocycles. The Balaban J connectivity index is 2.52. The van der Waals surface area contributed by atoms with Crippen molar-refractivity contribution in [3.8, 4) is 0 Å². The predicted octanol–water partition coefficient (Wildman–Crippen LogP) is 2.36. The Morgan fingerprint density at radius 1 is 1.45 bits per heavy atom. The van der Waals surface area contributed by atoms with Crippen LogP contribution in [-0.2, 0) is 0 Å². The predicted molar refractivity (Wildman–Crippen MR) is 47.3 cm³/mol. The lowest BCUT2D eigenvalue weighted by atomic mass is 9.73. The summed E-state index contributed by atoms with van der Waals surface area (Å²) in [6.07, 6.45) is 8.06. The number of allylic oxidation sites excluding steroid dienone is 2. The summed E-state index contributed by atoms with van der Waals surface area (Å²) in [5.74, 6) is 0.678. The average Bonchev–Trinajstić information content (AvgIpc) is 2.06. The standard InChI is InChI=1S/C10H18O/c1-10(2,8-11)9-6-4-3-5-7-9/h3-4,9,11H,5-8H2,1-2H3.